The molecule has 2 aliphatic rings. The summed E-state index contributed by atoms with van der Waals surface area (Å²) in [5.74, 6) is 0.875. The smallest absolute Gasteiger partial charge is 0.203 e. The van der Waals surface area contributed by atoms with E-state index in [2.05, 4.69) is 54.9 Å². The van der Waals surface area contributed by atoms with Gasteiger partial charge in [-0.15, -0.1) is 0 Å². The zero-order valence-corrected chi connectivity index (χ0v) is 15.4. The summed E-state index contributed by atoms with van der Waals surface area (Å²) < 4.78 is 3.34. The third-order valence-corrected chi connectivity index (χ3v) is 5.63. The highest BCUT2D eigenvalue weighted by atomic mass is 32.2. The normalized spacial score (nSPS) is 23.2. The molecule has 4 nitrogen and oxygen atoms in total. The molecule has 4 rings (SSSR count). The first kappa shape index (κ1) is 16.2. The molecule has 0 amide bonds. The van der Waals surface area contributed by atoms with Crippen molar-refractivity contribution in [2.45, 2.75) is 38.7 Å². The van der Waals surface area contributed by atoms with E-state index in [1.54, 1.807) is 11.9 Å². The Morgan fingerprint density at radius 2 is 1.84 bits per heavy atom. The van der Waals surface area contributed by atoms with E-state index in [-0.39, 0.29) is 11.4 Å². The molecule has 2 aromatic rings. The van der Waals surface area contributed by atoms with E-state index in [0.717, 1.165) is 11.5 Å². The summed E-state index contributed by atoms with van der Waals surface area (Å²) in [7, 11) is 0. The number of amidine groups is 1. The van der Waals surface area contributed by atoms with Crippen LogP contribution in [-0.2, 0) is 11.4 Å². The van der Waals surface area contributed by atoms with Crippen LogP contribution in [0.15, 0.2) is 52.6 Å². The summed E-state index contributed by atoms with van der Waals surface area (Å²) in [6.07, 6.45) is -0.121. The van der Waals surface area contributed by atoms with Crippen LogP contribution in [0.5, 0.6) is 0 Å². The predicted octanol–water partition coefficient (Wildman–Crippen LogP) is 3.93. The highest BCUT2D eigenvalue weighted by molar-refractivity contribution is 8.00. The molecule has 1 N–H and O–H groups in total. The Bertz CT molecular complexity index is 837. The van der Waals surface area contributed by atoms with Crippen molar-refractivity contribution in [2.75, 3.05) is 0 Å². The number of aryl methyl sites for hydroxylation is 3. The van der Waals surface area contributed by atoms with Crippen molar-refractivity contribution in [2.24, 2.45) is 10.1 Å². The third kappa shape index (κ3) is 3.04. The van der Waals surface area contributed by atoms with Crippen LogP contribution in [-0.4, -0.2) is 22.9 Å². The highest BCUT2D eigenvalue weighted by Gasteiger charge is 2.45. The number of fused-ring (bicyclic) bond motifs is 1. The van der Waals surface area contributed by atoms with Gasteiger partial charge in [0.2, 0.25) is 6.10 Å². The maximum absolute atomic E-state index is 5.76. The molecule has 1 fully saturated rings. The Morgan fingerprint density at radius 3 is 2.56 bits per heavy atom. The molecule has 2 atom stereocenters. The molecule has 1 saturated heterocycles. The van der Waals surface area contributed by atoms with Crippen LogP contribution in [0.25, 0.3) is 0 Å². The van der Waals surface area contributed by atoms with Crippen molar-refractivity contribution in [1.29, 1.82) is 0 Å². The summed E-state index contributed by atoms with van der Waals surface area (Å²) in [6, 6.07) is 14.7. The van der Waals surface area contributed by atoms with Gasteiger partial charge in [0.05, 0.1) is 6.54 Å². The second-order valence-electron chi connectivity index (χ2n) is 6.60. The van der Waals surface area contributed by atoms with E-state index in [1.165, 1.54) is 27.8 Å². The largest absolute Gasteiger partial charge is 0.382 e. The Labute approximate surface area is 152 Å². The molecule has 25 heavy (non-hydrogen) atoms. The second kappa shape index (κ2) is 6.56. The second-order valence-corrected chi connectivity index (χ2v) is 7.55. The van der Waals surface area contributed by atoms with Crippen molar-refractivity contribution in [3.8, 4) is 0 Å². The first-order valence-electron chi connectivity index (χ1n) is 8.45. The molecule has 2 aromatic carbocycles. The number of hydrogen-bond acceptors (Lipinski definition) is 4. The van der Waals surface area contributed by atoms with Crippen LogP contribution in [0.1, 0.15) is 27.8 Å². The number of benzene rings is 2. The molecule has 5 heteroatoms. The van der Waals surface area contributed by atoms with Gasteiger partial charge in [-0.25, -0.2) is 0 Å². The minimum atomic E-state index is -0.121. The van der Waals surface area contributed by atoms with Crippen molar-refractivity contribution in [1.82, 2.24) is 4.72 Å². The number of nitrogens with one attached hydrogen (secondary N) is 1. The summed E-state index contributed by atoms with van der Waals surface area (Å²) in [4.78, 5) is 10.5. The van der Waals surface area contributed by atoms with Crippen molar-refractivity contribution >= 4 is 23.5 Å². The lowest BCUT2D eigenvalue weighted by Crippen LogP contribution is -2.29. The van der Waals surface area contributed by atoms with Gasteiger partial charge < -0.3 is 9.56 Å². The minimum Gasteiger partial charge on any atom is -0.382 e. The lowest BCUT2D eigenvalue weighted by molar-refractivity contribution is 0.135. The molecule has 0 spiro atoms. The zero-order chi connectivity index (χ0) is 17.4. The highest BCUT2D eigenvalue weighted by Crippen LogP contribution is 2.34. The molecule has 0 unspecified atom stereocenters. The van der Waals surface area contributed by atoms with Gasteiger partial charge in [0.15, 0.2) is 5.84 Å². The third-order valence-electron chi connectivity index (χ3n) is 4.58. The SMILES string of the molecule is Cc1cc(C)c(C2=NO[C@@H]3C(=NCc4ccccc4)NS[C@H]23)c(C)c1. The van der Waals surface area contributed by atoms with Crippen molar-refractivity contribution in [3.05, 3.63) is 70.3 Å². The number of oxime groups is 1. The molecule has 2 heterocycles. The molecule has 0 saturated carbocycles. The first-order chi connectivity index (χ1) is 12.1. The zero-order valence-electron chi connectivity index (χ0n) is 14.6. The monoisotopic (exact) mass is 351 g/mol. The lowest BCUT2D eigenvalue weighted by atomic mass is 9.93. The van der Waals surface area contributed by atoms with Gasteiger partial charge in [0, 0.05) is 5.56 Å². The van der Waals surface area contributed by atoms with Gasteiger partial charge in [0.1, 0.15) is 11.0 Å². The van der Waals surface area contributed by atoms with Gasteiger partial charge in [-0.2, -0.15) is 0 Å². The van der Waals surface area contributed by atoms with Gasteiger partial charge in [0.25, 0.3) is 0 Å². The number of rotatable bonds is 3. The van der Waals surface area contributed by atoms with E-state index in [0.29, 0.717) is 6.54 Å². The summed E-state index contributed by atoms with van der Waals surface area (Å²) in [5, 5.41) is 4.57. The molecule has 0 aliphatic carbocycles. The van der Waals surface area contributed by atoms with Crippen LogP contribution in [0, 0.1) is 20.8 Å². The van der Waals surface area contributed by atoms with Gasteiger partial charge in [-0.3, -0.25) is 4.99 Å². The minimum absolute atomic E-state index is 0.121. The van der Waals surface area contributed by atoms with Crippen LogP contribution in [0.4, 0.5) is 0 Å². The number of nitrogens with zero attached hydrogens (tertiary/aromatic N) is 2. The predicted molar refractivity (Wildman–Crippen MR) is 104 cm³/mol. The first-order valence-corrected chi connectivity index (χ1v) is 9.33. The van der Waals surface area contributed by atoms with Gasteiger partial charge >= 0.3 is 0 Å². The van der Waals surface area contributed by atoms with E-state index >= 15 is 0 Å². The maximum Gasteiger partial charge on any atom is 0.203 e. The fourth-order valence-electron chi connectivity index (χ4n) is 3.51. The molecular formula is C20H21N3OS. The number of hydrogen-bond donors (Lipinski definition) is 1. The van der Waals surface area contributed by atoms with Crippen molar-refractivity contribution < 1.29 is 4.84 Å². The topological polar surface area (TPSA) is 46.0 Å². The molecule has 0 radical (unpaired) electrons. The summed E-state index contributed by atoms with van der Waals surface area (Å²) >= 11 is 1.64. The van der Waals surface area contributed by atoms with E-state index in [4.69, 9.17) is 9.83 Å². The van der Waals surface area contributed by atoms with E-state index < -0.39 is 0 Å². The molecule has 2 aliphatic heterocycles. The van der Waals surface area contributed by atoms with Crippen molar-refractivity contribution in [3.63, 3.8) is 0 Å². The average Bonchev–Trinajstić information content (AvgIpc) is 3.16. The molecule has 0 aromatic heterocycles. The van der Waals surface area contributed by atoms with Gasteiger partial charge in [-0.05, 0) is 49.4 Å². The Hall–Kier alpha value is -2.27. The van der Waals surface area contributed by atoms with Crippen LogP contribution in [0.3, 0.4) is 0 Å². The van der Waals surface area contributed by atoms with E-state index in [1.807, 2.05) is 18.2 Å². The van der Waals surface area contributed by atoms with Crippen LogP contribution >= 0.6 is 11.9 Å². The molecule has 128 valence electrons. The standard InChI is InChI=1S/C20H21N3OS/c1-12-9-13(2)16(14(3)10-12)17-19-18(24-22-17)20(23-25-19)21-11-15-7-5-4-6-8-15/h4-10,18-19H,11H2,1-3H3,(H,21,23)/t18-,19+/m0/s1. The Balaban J connectivity index is 1.56. The summed E-state index contributed by atoms with van der Waals surface area (Å²) in [5.41, 5.74) is 7.18. The summed E-state index contributed by atoms with van der Waals surface area (Å²) in [6.45, 7) is 7.05. The van der Waals surface area contributed by atoms with Crippen LogP contribution in [0.2, 0.25) is 0 Å². The quantitative estimate of drug-likeness (QED) is 0.852. The Morgan fingerprint density at radius 1 is 1.12 bits per heavy atom. The fraction of sp³-hybridized carbons (Fsp3) is 0.300. The lowest BCUT2D eigenvalue weighted by Gasteiger charge is -2.13. The van der Waals surface area contributed by atoms with E-state index in [9.17, 15) is 0 Å². The molecule has 0 bridgehead atoms. The number of aliphatic imine (C=N–C) groups is 1. The maximum atomic E-state index is 5.76. The average molecular weight is 351 g/mol. The van der Waals surface area contributed by atoms with Crippen LogP contribution < -0.4 is 4.72 Å². The molecular weight excluding hydrogens is 330 g/mol. The fourth-order valence-corrected chi connectivity index (χ4v) is 4.51. The Kier molecular flexibility index (Phi) is 4.25. The van der Waals surface area contributed by atoms with Gasteiger partial charge in [-0.1, -0.05) is 53.2 Å².